The molecular formula is C8H18S2. The van der Waals surface area contributed by atoms with E-state index in [4.69, 9.17) is 0 Å². The fraction of sp³-hybridized carbons (Fsp3) is 1.00. The lowest BCUT2D eigenvalue weighted by molar-refractivity contribution is 0.639. The normalized spacial score (nSPS) is 15.3. The molecule has 0 aliphatic heterocycles. The minimum Gasteiger partial charge on any atom is -0.176 e. The average molecular weight is 178 g/mol. The molecule has 0 aliphatic carbocycles. The van der Waals surface area contributed by atoms with E-state index < -0.39 is 0 Å². The second kappa shape index (κ2) is 4.55. The summed E-state index contributed by atoms with van der Waals surface area (Å²) in [5.74, 6) is 1.20. The molecule has 0 aliphatic rings. The Morgan fingerprint density at radius 1 is 1.50 bits per heavy atom. The van der Waals surface area contributed by atoms with Crippen molar-refractivity contribution in [2.24, 2.45) is 0 Å². The Hall–Kier alpha value is 0.700. The highest BCUT2D eigenvalue weighted by atomic mass is 32.2. The van der Waals surface area contributed by atoms with Gasteiger partial charge in [0, 0.05) is 10.00 Å². The Morgan fingerprint density at radius 3 is 2.30 bits per heavy atom. The van der Waals surface area contributed by atoms with Crippen molar-refractivity contribution in [3.05, 3.63) is 0 Å². The zero-order valence-electron chi connectivity index (χ0n) is 7.35. The van der Waals surface area contributed by atoms with Gasteiger partial charge in [-0.05, 0) is 12.2 Å². The molecule has 62 valence electrons. The van der Waals surface area contributed by atoms with Gasteiger partial charge in [0.1, 0.15) is 0 Å². The minimum atomic E-state index is 0.413. The first kappa shape index (κ1) is 10.7. The van der Waals surface area contributed by atoms with Gasteiger partial charge in [-0.1, -0.05) is 27.7 Å². The predicted molar refractivity (Wildman–Crippen MR) is 55.3 cm³/mol. The molecule has 0 N–H and O–H groups in total. The maximum Gasteiger partial charge on any atom is 0.0113 e. The fourth-order valence-electron chi connectivity index (χ4n) is 1.16. The summed E-state index contributed by atoms with van der Waals surface area (Å²) in [4.78, 5) is 0. The molecule has 0 bridgehead atoms. The SMILES string of the molecule is CCSC(C)(C)CC(C)S. The van der Waals surface area contributed by atoms with E-state index in [9.17, 15) is 0 Å². The third-order valence-electron chi connectivity index (χ3n) is 1.32. The number of thiol groups is 1. The number of hydrogen-bond acceptors (Lipinski definition) is 2. The molecule has 0 saturated heterocycles. The molecule has 0 heterocycles. The molecule has 0 nitrogen and oxygen atoms in total. The van der Waals surface area contributed by atoms with Crippen molar-refractivity contribution in [1.29, 1.82) is 0 Å². The Labute approximate surface area is 74.6 Å². The first-order valence-corrected chi connectivity index (χ1v) is 5.30. The van der Waals surface area contributed by atoms with Crippen LogP contribution in [-0.2, 0) is 0 Å². The Balaban J connectivity index is 3.63. The van der Waals surface area contributed by atoms with Crippen molar-refractivity contribution in [1.82, 2.24) is 0 Å². The van der Waals surface area contributed by atoms with Crippen LogP contribution in [0.1, 0.15) is 34.1 Å². The second-order valence-electron chi connectivity index (χ2n) is 3.25. The van der Waals surface area contributed by atoms with E-state index in [1.54, 1.807) is 0 Å². The summed E-state index contributed by atoms with van der Waals surface area (Å²) in [7, 11) is 0. The highest BCUT2D eigenvalue weighted by Gasteiger charge is 2.18. The van der Waals surface area contributed by atoms with Gasteiger partial charge in [0.15, 0.2) is 0 Å². The average Bonchev–Trinajstić information content (AvgIpc) is 1.59. The fourth-order valence-corrected chi connectivity index (χ4v) is 2.89. The Bertz CT molecular complexity index is 87.3. The van der Waals surface area contributed by atoms with Crippen molar-refractivity contribution in [2.45, 2.75) is 44.1 Å². The smallest absolute Gasteiger partial charge is 0.0113 e. The molecule has 0 aromatic heterocycles. The molecule has 2 heteroatoms. The lowest BCUT2D eigenvalue weighted by Gasteiger charge is -2.24. The van der Waals surface area contributed by atoms with Crippen LogP contribution in [0.15, 0.2) is 0 Å². The van der Waals surface area contributed by atoms with Gasteiger partial charge < -0.3 is 0 Å². The quantitative estimate of drug-likeness (QED) is 0.645. The molecule has 0 rings (SSSR count). The predicted octanol–water partition coefficient (Wildman–Crippen LogP) is 3.23. The van der Waals surface area contributed by atoms with E-state index in [1.807, 2.05) is 11.8 Å². The van der Waals surface area contributed by atoms with E-state index in [0.29, 0.717) is 10.00 Å². The summed E-state index contributed by atoms with van der Waals surface area (Å²) in [6.45, 7) is 8.93. The monoisotopic (exact) mass is 178 g/mol. The maximum absolute atomic E-state index is 4.37. The van der Waals surface area contributed by atoms with E-state index in [1.165, 1.54) is 12.2 Å². The van der Waals surface area contributed by atoms with Crippen molar-refractivity contribution < 1.29 is 0 Å². The van der Waals surface area contributed by atoms with E-state index in [-0.39, 0.29) is 0 Å². The largest absolute Gasteiger partial charge is 0.176 e. The third-order valence-corrected chi connectivity index (χ3v) is 2.74. The second-order valence-corrected chi connectivity index (χ2v) is 6.10. The standard InChI is InChI=1S/C8H18S2/c1-5-10-8(3,4)6-7(2)9/h7,9H,5-6H2,1-4H3. The van der Waals surface area contributed by atoms with Crippen molar-refractivity contribution >= 4 is 24.4 Å². The van der Waals surface area contributed by atoms with E-state index in [0.717, 1.165) is 0 Å². The summed E-state index contributed by atoms with van der Waals surface area (Å²) in [6.07, 6.45) is 1.19. The minimum absolute atomic E-state index is 0.413. The molecular weight excluding hydrogens is 160 g/mol. The topological polar surface area (TPSA) is 0 Å². The van der Waals surface area contributed by atoms with Crippen molar-refractivity contribution in [2.75, 3.05) is 5.75 Å². The molecule has 1 atom stereocenters. The molecule has 0 spiro atoms. The van der Waals surface area contributed by atoms with Gasteiger partial charge in [-0.3, -0.25) is 0 Å². The molecule has 0 amide bonds. The van der Waals surface area contributed by atoms with Gasteiger partial charge in [0.25, 0.3) is 0 Å². The molecule has 0 aromatic carbocycles. The first-order valence-electron chi connectivity index (χ1n) is 3.80. The van der Waals surface area contributed by atoms with Gasteiger partial charge >= 0.3 is 0 Å². The van der Waals surface area contributed by atoms with Gasteiger partial charge in [-0.2, -0.15) is 24.4 Å². The summed E-state index contributed by atoms with van der Waals surface area (Å²) < 4.78 is 0.413. The van der Waals surface area contributed by atoms with Gasteiger partial charge in [0.2, 0.25) is 0 Å². The van der Waals surface area contributed by atoms with E-state index in [2.05, 4.69) is 40.3 Å². The zero-order chi connectivity index (χ0) is 8.20. The third kappa shape index (κ3) is 5.48. The maximum atomic E-state index is 4.37. The number of rotatable bonds is 4. The summed E-state index contributed by atoms with van der Waals surface area (Å²) >= 11 is 6.38. The number of hydrogen-bond donors (Lipinski definition) is 1. The van der Waals surface area contributed by atoms with Crippen molar-refractivity contribution in [3.8, 4) is 0 Å². The van der Waals surface area contributed by atoms with Crippen LogP contribution in [-0.4, -0.2) is 15.7 Å². The van der Waals surface area contributed by atoms with Gasteiger partial charge in [-0.15, -0.1) is 0 Å². The lowest BCUT2D eigenvalue weighted by atomic mass is 10.1. The summed E-state index contributed by atoms with van der Waals surface area (Å²) in [5.41, 5.74) is 0. The number of thioether (sulfide) groups is 1. The summed E-state index contributed by atoms with van der Waals surface area (Å²) in [6, 6.07) is 0. The van der Waals surface area contributed by atoms with Crippen LogP contribution in [0.4, 0.5) is 0 Å². The zero-order valence-corrected chi connectivity index (χ0v) is 9.06. The van der Waals surface area contributed by atoms with Gasteiger partial charge in [0.05, 0.1) is 0 Å². The van der Waals surface area contributed by atoms with Gasteiger partial charge in [-0.25, -0.2) is 0 Å². The van der Waals surface area contributed by atoms with Crippen molar-refractivity contribution in [3.63, 3.8) is 0 Å². The Morgan fingerprint density at radius 2 is 2.00 bits per heavy atom. The molecule has 10 heavy (non-hydrogen) atoms. The lowest BCUT2D eigenvalue weighted by Crippen LogP contribution is -2.19. The van der Waals surface area contributed by atoms with Crippen LogP contribution in [0, 0.1) is 0 Å². The van der Waals surface area contributed by atoms with Crippen LogP contribution < -0.4 is 0 Å². The molecule has 0 aromatic rings. The highest BCUT2D eigenvalue weighted by Crippen LogP contribution is 2.30. The molecule has 0 saturated carbocycles. The highest BCUT2D eigenvalue weighted by molar-refractivity contribution is 8.00. The summed E-state index contributed by atoms with van der Waals surface area (Å²) in [5, 5.41) is 0.522. The van der Waals surface area contributed by atoms with E-state index >= 15 is 0 Å². The Kier molecular flexibility index (Phi) is 4.87. The van der Waals surface area contributed by atoms with Crippen LogP contribution in [0.25, 0.3) is 0 Å². The molecule has 0 fully saturated rings. The van der Waals surface area contributed by atoms with Crippen LogP contribution in [0.3, 0.4) is 0 Å². The van der Waals surface area contributed by atoms with Crippen LogP contribution in [0.5, 0.6) is 0 Å². The molecule has 0 radical (unpaired) electrons. The first-order chi connectivity index (χ1) is 4.48. The van der Waals surface area contributed by atoms with Crippen LogP contribution in [0.2, 0.25) is 0 Å². The van der Waals surface area contributed by atoms with Crippen LogP contribution >= 0.6 is 24.4 Å². The molecule has 1 unspecified atom stereocenters.